The Hall–Kier alpha value is -1.26. The predicted molar refractivity (Wildman–Crippen MR) is 38.0 cm³/mol. The van der Waals surface area contributed by atoms with E-state index in [1.54, 1.807) is 0 Å². The van der Waals surface area contributed by atoms with Crippen molar-refractivity contribution < 1.29 is 22.3 Å². The monoisotopic (exact) mass is 194 g/mol. The third kappa shape index (κ3) is 2.93. The highest BCUT2D eigenvalue weighted by Gasteiger charge is 2.08. The second-order valence-corrected chi connectivity index (χ2v) is 2.25. The largest absolute Gasteiger partial charge is 0.435 e. The summed E-state index contributed by atoms with van der Waals surface area (Å²) in [6.07, 6.45) is -2.60. The number of hydrogen-bond acceptors (Lipinski definition) is 1. The maximum absolute atomic E-state index is 12.0. The van der Waals surface area contributed by atoms with E-state index in [2.05, 4.69) is 4.74 Å². The van der Waals surface area contributed by atoms with E-state index in [1.807, 2.05) is 0 Å². The van der Waals surface area contributed by atoms with Gasteiger partial charge in [0.25, 0.3) is 6.43 Å². The molecule has 1 aromatic rings. The van der Waals surface area contributed by atoms with E-state index in [4.69, 9.17) is 0 Å². The highest BCUT2D eigenvalue weighted by molar-refractivity contribution is 5.27. The molecule has 0 N–H and O–H groups in total. The molecule has 0 aliphatic carbocycles. The molecule has 0 aromatic heterocycles. The van der Waals surface area contributed by atoms with Crippen LogP contribution in [0, 0.1) is 0 Å². The van der Waals surface area contributed by atoms with Crippen LogP contribution in [-0.4, -0.2) is 6.61 Å². The summed E-state index contributed by atoms with van der Waals surface area (Å²) in [4.78, 5) is 0. The number of benzene rings is 1. The van der Waals surface area contributed by atoms with E-state index >= 15 is 0 Å². The van der Waals surface area contributed by atoms with Crippen LogP contribution >= 0.6 is 0 Å². The minimum Gasteiger partial charge on any atom is -0.435 e. The first-order valence-electron chi connectivity index (χ1n) is 3.42. The molecule has 5 heteroatoms. The van der Waals surface area contributed by atoms with E-state index in [9.17, 15) is 17.6 Å². The Labute approximate surface area is 71.9 Å². The second kappa shape index (κ2) is 4.11. The number of ether oxygens (including phenoxy) is 1. The molecule has 0 saturated heterocycles. The van der Waals surface area contributed by atoms with Gasteiger partial charge in [-0.1, -0.05) is 0 Å². The Morgan fingerprint density at radius 2 is 1.46 bits per heavy atom. The molecular weight excluding hydrogens is 188 g/mol. The molecular formula is C8H6F4O. The molecule has 1 nitrogen and oxygen atoms in total. The standard InChI is InChI=1S/C8H6F4O/c9-7(10)5-1-3-6(4-2-5)13-8(11)12/h1-4,7-8H. The van der Waals surface area contributed by atoms with Crippen LogP contribution < -0.4 is 4.74 Å². The summed E-state index contributed by atoms with van der Waals surface area (Å²) in [5.41, 5.74) is -0.221. The molecule has 1 aromatic carbocycles. The first-order chi connectivity index (χ1) is 6.09. The second-order valence-electron chi connectivity index (χ2n) is 2.25. The molecule has 0 saturated carbocycles. The SMILES string of the molecule is FC(F)Oc1ccc(C(F)F)cc1. The van der Waals surface area contributed by atoms with Crippen LogP contribution in [0.5, 0.6) is 5.75 Å². The summed E-state index contributed by atoms with van der Waals surface area (Å²) in [5, 5.41) is 0. The van der Waals surface area contributed by atoms with Gasteiger partial charge in [0, 0.05) is 5.56 Å². The van der Waals surface area contributed by atoms with Crippen molar-refractivity contribution in [3.05, 3.63) is 29.8 Å². The van der Waals surface area contributed by atoms with Crippen LogP contribution in [0.25, 0.3) is 0 Å². The van der Waals surface area contributed by atoms with E-state index in [-0.39, 0.29) is 11.3 Å². The van der Waals surface area contributed by atoms with Gasteiger partial charge in [-0.2, -0.15) is 8.78 Å². The van der Waals surface area contributed by atoms with Crippen molar-refractivity contribution in [2.24, 2.45) is 0 Å². The Balaban J connectivity index is 2.70. The van der Waals surface area contributed by atoms with E-state index < -0.39 is 13.0 Å². The number of hydrogen-bond donors (Lipinski definition) is 0. The molecule has 1 rings (SSSR count). The normalized spacial score (nSPS) is 10.9. The van der Waals surface area contributed by atoms with Gasteiger partial charge >= 0.3 is 6.61 Å². The van der Waals surface area contributed by atoms with Crippen LogP contribution in [0.3, 0.4) is 0 Å². The van der Waals surface area contributed by atoms with Gasteiger partial charge in [0.15, 0.2) is 0 Å². The number of alkyl halides is 4. The summed E-state index contributed by atoms with van der Waals surface area (Å²) in [7, 11) is 0. The molecule has 72 valence electrons. The highest BCUT2D eigenvalue weighted by atomic mass is 19.3. The van der Waals surface area contributed by atoms with Crippen molar-refractivity contribution in [3.8, 4) is 5.75 Å². The molecule has 0 aliphatic rings. The summed E-state index contributed by atoms with van der Waals surface area (Å²) < 4.78 is 51.1. The molecule has 13 heavy (non-hydrogen) atoms. The average molecular weight is 194 g/mol. The van der Waals surface area contributed by atoms with Crippen LogP contribution in [-0.2, 0) is 0 Å². The van der Waals surface area contributed by atoms with E-state index in [1.165, 1.54) is 0 Å². The highest BCUT2D eigenvalue weighted by Crippen LogP contribution is 2.22. The van der Waals surface area contributed by atoms with E-state index in [0.29, 0.717) is 0 Å². The summed E-state index contributed by atoms with van der Waals surface area (Å²) >= 11 is 0. The lowest BCUT2D eigenvalue weighted by Crippen LogP contribution is -2.01. The zero-order valence-corrected chi connectivity index (χ0v) is 6.38. The molecule has 0 bridgehead atoms. The molecule has 0 atom stereocenters. The third-order valence-corrected chi connectivity index (χ3v) is 1.36. The van der Waals surface area contributed by atoms with Crippen LogP contribution in [0.4, 0.5) is 17.6 Å². The molecule has 0 spiro atoms. The lowest BCUT2D eigenvalue weighted by molar-refractivity contribution is -0.0498. The topological polar surface area (TPSA) is 9.23 Å². The lowest BCUT2D eigenvalue weighted by atomic mass is 10.2. The van der Waals surface area contributed by atoms with Gasteiger partial charge in [-0.25, -0.2) is 8.78 Å². The van der Waals surface area contributed by atoms with Crippen molar-refractivity contribution in [2.75, 3.05) is 0 Å². The van der Waals surface area contributed by atoms with Crippen molar-refractivity contribution in [3.63, 3.8) is 0 Å². The van der Waals surface area contributed by atoms with Crippen LogP contribution in [0.1, 0.15) is 12.0 Å². The first kappa shape index (κ1) is 9.83. The lowest BCUT2D eigenvalue weighted by Gasteiger charge is -2.04. The minimum absolute atomic E-state index is 0.126. The van der Waals surface area contributed by atoms with Crippen LogP contribution in [0.2, 0.25) is 0 Å². The first-order valence-corrected chi connectivity index (χ1v) is 3.42. The summed E-state index contributed by atoms with van der Waals surface area (Å²) in [6.45, 7) is -2.93. The Bertz CT molecular complexity index is 257. The van der Waals surface area contributed by atoms with Gasteiger partial charge in [0.05, 0.1) is 0 Å². The number of halogens is 4. The fourth-order valence-corrected chi connectivity index (χ4v) is 0.795. The summed E-state index contributed by atoms with van der Waals surface area (Å²) in [6, 6.07) is 4.24. The molecule has 0 fully saturated rings. The van der Waals surface area contributed by atoms with Gasteiger partial charge in [-0.05, 0) is 24.3 Å². The van der Waals surface area contributed by atoms with Gasteiger partial charge in [-0.15, -0.1) is 0 Å². The van der Waals surface area contributed by atoms with E-state index in [0.717, 1.165) is 24.3 Å². The fraction of sp³-hybridized carbons (Fsp3) is 0.250. The summed E-state index contributed by atoms with van der Waals surface area (Å²) in [5.74, 6) is -0.126. The maximum atomic E-state index is 12.0. The quantitative estimate of drug-likeness (QED) is 0.671. The third-order valence-electron chi connectivity index (χ3n) is 1.36. The number of rotatable bonds is 3. The van der Waals surface area contributed by atoms with Crippen molar-refractivity contribution in [2.45, 2.75) is 13.0 Å². The van der Waals surface area contributed by atoms with Gasteiger partial charge in [-0.3, -0.25) is 0 Å². The molecule has 0 heterocycles. The van der Waals surface area contributed by atoms with Gasteiger partial charge in [0.2, 0.25) is 0 Å². The zero-order valence-electron chi connectivity index (χ0n) is 6.38. The zero-order chi connectivity index (χ0) is 9.84. The molecule has 0 amide bonds. The van der Waals surface area contributed by atoms with Gasteiger partial charge in [0.1, 0.15) is 5.75 Å². The molecule has 0 radical (unpaired) electrons. The Kier molecular flexibility index (Phi) is 3.11. The Morgan fingerprint density at radius 3 is 1.85 bits per heavy atom. The molecule has 0 aliphatic heterocycles. The molecule has 0 unspecified atom stereocenters. The minimum atomic E-state index is -2.93. The van der Waals surface area contributed by atoms with Crippen molar-refractivity contribution >= 4 is 0 Å². The fourth-order valence-electron chi connectivity index (χ4n) is 0.795. The van der Waals surface area contributed by atoms with Crippen LogP contribution in [0.15, 0.2) is 24.3 Å². The van der Waals surface area contributed by atoms with Crippen molar-refractivity contribution in [1.29, 1.82) is 0 Å². The smallest absolute Gasteiger partial charge is 0.387 e. The van der Waals surface area contributed by atoms with Crippen molar-refractivity contribution in [1.82, 2.24) is 0 Å². The average Bonchev–Trinajstić information content (AvgIpc) is 2.04. The van der Waals surface area contributed by atoms with Gasteiger partial charge < -0.3 is 4.74 Å². The predicted octanol–water partition coefficient (Wildman–Crippen LogP) is 3.23. The maximum Gasteiger partial charge on any atom is 0.387 e. The Morgan fingerprint density at radius 1 is 0.923 bits per heavy atom.